The number of tetrazole rings is 1. The Kier molecular flexibility index (Phi) is 5.62. The summed E-state index contributed by atoms with van der Waals surface area (Å²) in [6.07, 6.45) is 4.15. The maximum atomic E-state index is 11.7. The van der Waals surface area contributed by atoms with Crippen LogP contribution < -0.4 is 5.32 Å². The normalized spacial score (nSPS) is 15.7. The molecule has 0 bridgehead atoms. The average molecular weight is 446 g/mol. The quantitative estimate of drug-likeness (QED) is 0.490. The van der Waals surface area contributed by atoms with Gasteiger partial charge in [0.15, 0.2) is 5.65 Å². The summed E-state index contributed by atoms with van der Waals surface area (Å²) in [4.78, 5) is 17.6. The molecule has 0 aliphatic carbocycles. The molecule has 8 heteroatoms. The maximum absolute atomic E-state index is 11.7. The number of nitrogens with one attached hydrogen (secondary N) is 2. The first kappa shape index (κ1) is 21.6. The Hall–Kier alpha value is -3.26. The second kappa shape index (κ2) is 8.59. The van der Waals surface area contributed by atoms with E-state index in [4.69, 9.17) is 0 Å². The number of amides is 1. The SMILES string of the molecule is CNC(=O)CN1CCC(c2ccc3[nH]c(-c4cc(C)c5nnnn5c4)c(C(C)C)c3c2)CC1. The first-order chi connectivity index (χ1) is 15.9. The fraction of sp³-hybridized carbons (Fsp3) is 0.440. The third kappa shape index (κ3) is 3.99. The molecule has 0 unspecified atom stereocenters. The van der Waals surface area contributed by atoms with Crippen LogP contribution in [-0.4, -0.2) is 62.5 Å². The summed E-state index contributed by atoms with van der Waals surface area (Å²) in [6.45, 7) is 8.94. The number of pyridine rings is 1. The first-order valence-electron chi connectivity index (χ1n) is 11.7. The summed E-state index contributed by atoms with van der Waals surface area (Å²) in [7, 11) is 1.70. The summed E-state index contributed by atoms with van der Waals surface area (Å²) < 4.78 is 1.75. The molecule has 0 saturated carbocycles. The molecule has 1 saturated heterocycles. The molecule has 2 N–H and O–H groups in total. The number of rotatable bonds is 5. The molecule has 172 valence electrons. The molecule has 8 nitrogen and oxygen atoms in total. The third-order valence-corrected chi connectivity index (χ3v) is 6.91. The number of carbonyl (C=O) groups is 1. The van der Waals surface area contributed by atoms with E-state index in [9.17, 15) is 4.79 Å². The Labute approximate surface area is 193 Å². The van der Waals surface area contributed by atoms with E-state index < -0.39 is 0 Å². The van der Waals surface area contributed by atoms with Crippen molar-refractivity contribution in [3.8, 4) is 11.3 Å². The number of likely N-dealkylation sites (tertiary alicyclic amines) is 1. The lowest BCUT2D eigenvalue weighted by molar-refractivity contribution is -0.122. The van der Waals surface area contributed by atoms with E-state index in [2.05, 4.69) is 68.8 Å². The van der Waals surface area contributed by atoms with E-state index in [1.807, 2.05) is 13.1 Å². The van der Waals surface area contributed by atoms with Crippen molar-refractivity contribution >= 4 is 22.5 Å². The van der Waals surface area contributed by atoms with Crippen molar-refractivity contribution in [1.82, 2.24) is 35.2 Å². The van der Waals surface area contributed by atoms with Gasteiger partial charge in [0.1, 0.15) is 0 Å². The Morgan fingerprint density at radius 2 is 2.03 bits per heavy atom. The lowest BCUT2D eigenvalue weighted by Gasteiger charge is -2.31. The van der Waals surface area contributed by atoms with Gasteiger partial charge in [0.2, 0.25) is 5.91 Å². The van der Waals surface area contributed by atoms with Crippen molar-refractivity contribution in [2.45, 2.75) is 45.4 Å². The minimum Gasteiger partial charge on any atom is -0.358 e. The Balaban J connectivity index is 1.48. The third-order valence-electron chi connectivity index (χ3n) is 6.91. The fourth-order valence-electron chi connectivity index (χ4n) is 5.16. The van der Waals surface area contributed by atoms with Gasteiger partial charge in [-0.15, -0.1) is 5.10 Å². The predicted molar refractivity (Wildman–Crippen MR) is 129 cm³/mol. The maximum Gasteiger partial charge on any atom is 0.233 e. The molecule has 33 heavy (non-hydrogen) atoms. The molecule has 1 fully saturated rings. The molecule has 4 aromatic rings. The first-order valence-corrected chi connectivity index (χ1v) is 11.7. The molecule has 1 aromatic carbocycles. The molecule has 1 amide bonds. The van der Waals surface area contributed by atoms with Gasteiger partial charge < -0.3 is 10.3 Å². The predicted octanol–water partition coefficient (Wildman–Crippen LogP) is 3.63. The number of aryl methyl sites for hydroxylation is 1. The lowest BCUT2D eigenvalue weighted by Crippen LogP contribution is -2.40. The number of piperidine rings is 1. The molecular formula is C25H31N7O. The number of benzene rings is 1. The number of fused-ring (bicyclic) bond motifs is 2. The van der Waals surface area contributed by atoms with Gasteiger partial charge in [-0.1, -0.05) is 19.9 Å². The number of hydrogen-bond acceptors (Lipinski definition) is 5. The molecule has 0 spiro atoms. The number of nitrogens with zero attached hydrogens (tertiary/aromatic N) is 5. The highest BCUT2D eigenvalue weighted by molar-refractivity contribution is 5.92. The van der Waals surface area contributed by atoms with E-state index >= 15 is 0 Å². The summed E-state index contributed by atoms with van der Waals surface area (Å²) in [5, 5.41) is 16.0. The van der Waals surface area contributed by atoms with Gasteiger partial charge in [0.25, 0.3) is 0 Å². The van der Waals surface area contributed by atoms with Crippen molar-refractivity contribution in [3.63, 3.8) is 0 Å². The largest absolute Gasteiger partial charge is 0.358 e. The van der Waals surface area contributed by atoms with Gasteiger partial charge in [0.05, 0.1) is 12.2 Å². The van der Waals surface area contributed by atoms with Crippen molar-refractivity contribution in [3.05, 3.63) is 47.2 Å². The van der Waals surface area contributed by atoms with E-state index in [-0.39, 0.29) is 5.91 Å². The van der Waals surface area contributed by atoms with Crippen LogP contribution >= 0.6 is 0 Å². The Bertz CT molecular complexity index is 1310. The van der Waals surface area contributed by atoms with Crippen LogP contribution in [0.25, 0.3) is 27.8 Å². The molecule has 4 heterocycles. The molecular weight excluding hydrogens is 414 g/mol. The second-order valence-electron chi connectivity index (χ2n) is 9.46. The molecule has 1 aliphatic rings. The van der Waals surface area contributed by atoms with E-state index in [0.29, 0.717) is 18.4 Å². The molecule has 5 rings (SSSR count). The Morgan fingerprint density at radius 1 is 1.24 bits per heavy atom. The Morgan fingerprint density at radius 3 is 2.76 bits per heavy atom. The van der Waals surface area contributed by atoms with Crippen LogP contribution in [0.15, 0.2) is 30.5 Å². The zero-order chi connectivity index (χ0) is 23.1. The number of aromatic amines is 1. The topological polar surface area (TPSA) is 91.2 Å². The fourth-order valence-corrected chi connectivity index (χ4v) is 5.16. The van der Waals surface area contributed by atoms with Gasteiger partial charge in [-0.2, -0.15) is 4.52 Å². The van der Waals surface area contributed by atoms with Crippen molar-refractivity contribution in [2.24, 2.45) is 0 Å². The highest BCUT2D eigenvalue weighted by Gasteiger charge is 2.24. The zero-order valence-electron chi connectivity index (χ0n) is 19.7. The van der Waals surface area contributed by atoms with Crippen LogP contribution in [-0.2, 0) is 4.79 Å². The van der Waals surface area contributed by atoms with Gasteiger partial charge >= 0.3 is 0 Å². The molecule has 3 aromatic heterocycles. The van der Waals surface area contributed by atoms with Gasteiger partial charge in [-0.3, -0.25) is 9.69 Å². The highest BCUT2D eigenvalue weighted by atomic mass is 16.1. The minimum atomic E-state index is 0.0893. The highest BCUT2D eigenvalue weighted by Crippen LogP contribution is 2.38. The van der Waals surface area contributed by atoms with Crippen molar-refractivity contribution in [2.75, 3.05) is 26.7 Å². The van der Waals surface area contributed by atoms with Gasteiger partial charge in [0, 0.05) is 29.7 Å². The van der Waals surface area contributed by atoms with Crippen LogP contribution in [0.1, 0.15) is 55.2 Å². The van der Waals surface area contributed by atoms with Gasteiger partial charge in [-0.25, -0.2) is 0 Å². The number of hydrogen-bond donors (Lipinski definition) is 2. The monoisotopic (exact) mass is 445 g/mol. The molecule has 0 radical (unpaired) electrons. The van der Waals surface area contributed by atoms with E-state index in [1.54, 1.807) is 11.6 Å². The lowest BCUT2D eigenvalue weighted by atomic mass is 9.87. The van der Waals surface area contributed by atoms with Gasteiger partial charge in [-0.05, 0) is 90.0 Å². The number of aromatic nitrogens is 5. The smallest absolute Gasteiger partial charge is 0.233 e. The number of carbonyl (C=O) groups excluding carboxylic acids is 1. The summed E-state index contributed by atoms with van der Waals surface area (Å²) in [6, 6.07) is 9.03. The van der Waals surface area contributed by atoms with Crippen LogP contribution in [0.4, 0.5) is 0 Å². The van der Waals surface area contributed by atoms with Crippen molar-refractivity contribution in [1.29, 1.82) is 0 Å². The number of likely N-dealkylation sites (N-methyl/N-ethyl adjacent to an activating group) is 1. The summed E-state index contributed by atoms with van der Waals surface area (Å²) >= 11 is 0. The van der Waals surface area contributed by atoms with Crippen LogP contribution in [0.2, 0.25) is 0 Å². The minimum absolute atomic E-state index is 0.0893. The zero-order valence-corrected chi connectivity index (χ0v) is 19.7. The molecule has 1 aliphatic heterocycles. The van der Waals surface area contributed by atoms with E-state index in [1.165, 1.54) is 16.5 Å². The average Bonchev–Trinajstić information content (AvgIpc) is 3.44. The standard InChI is InChI=1S/C25H31N7O/c1-15(2)23-20-12-18(17-7-9-31(10-8-17)14-22(33)26-4)5-6-21(20)27-24(23)19-11-16(3)25-28-29-30-32(25)13-19/h5-6,11-13,15,17,27H,7-10,14H2,1-4H3,(H,26,33). The second-order valence-corrected chi connectivity index (χ2v) is 9.46. The number of H-pyrrole nitrogens is 1. The van der Waals surface area contributed by atoms with Crippen LogP contribution in [0.5, 0.6) is 0 Å². The summed E-state index contributed by atoms with van der Waals surface area (Å²) in [5.74, 6) is 0.975. The molecule has 0 atom stereocenters. The van der Waals surface area contributed by atoms with Crippen LogP contribution in [0.3, 0.4) is 0 Å². The van der Waals surface area contributed by atoms with E-state index in [0.717, 1.165) is 53.9 Å². The van der Waals surface area contributed by atoms with Crippen molar-refractivity contribution < 1.29 is 4.79 Å². The van der Waals surface area contributed by atoms with Crippen LogP contribution in [0, 0.1) is 6.92 Å². The summed E-state index contributed by atoms with van der Waals surface area (Å²) in [5.41, 5.74) is 7.94.